The minimum atomic E-state index is -0.848. The predicted octanol–water partition coefficient (Wildman–Crippen LogP) is 2.29. The highest BCUT2D eigenvalue weighted by molar-refractivity contribution is 5.68. The van der Waals surface area contributed by atoms with E-state index >= 15 is 0 Å². The third-order valence-corrected chi connectivity index (χ3v) is 2.75. The number of hydrogen-bond acceptors (Lipinski definition) is 4. The molecule has 1 N–H and O–H groups in total. The Hall–Kier alpha value is -1.91. The van der Waals surface area contributed by atoms with Gasteiger partial charge in [-0.3, -0.25) is 4.79 Å². The van der Waals surface area contributed by atoms with Gasteiger partial charge in [0.25, 0.3) is 0 Å². The molecule has 0 radical (unpaired) electrons. The van der Waals surface area contributed by atoms with Crippen molar-refractivity contribution >= 4 is 5.97 Å². The monoisotopic (exact) mass is 254 g/mol. The summed E-state index contributed by atoms with van der Waals surface area (Å²) >= 11 is 0. The van der Waals surface area contributed by atoms with E-state index in [9.17, 15) is 4.79 Å². The fraction of sp³-hybridized carbons (Fsp3) is 0.462. The molecule has 1 aromatic carbocycles. The first-order valence-corrected chi connectivity index (χ1v) is 5.55. The Kier molecular flexibility index (Phi) is 4.83. The van der Waals surface area contributed by atoms with E-state index in [4.69, 9.17) is 19.3 Å². The summed E-state index contributed by atoms with van der Waals surface area (Å²) in [5.41, 5.74) is 0.789. The topological polar surface area (TPSA) is 65.0 Å². The fourth-order valence-electron chi connectivity index (χ4n) is 1.81. The van der Waals surface area contributed by atoms with Crippen molar-refractivity contribution in [3.8, 4) is 17.2 Å². The molecule has 5 nitrogen and oxygen atoms in total. The van der Waals surface area contributed by atoms with Crippen LogP contribution >= 0.6 is 0 Å². The van der Waals surface area contributed by atoms with Crippen LogP contribution in [0.5, 0.6) is 17.2 Å². The Morgan fingerprint density at radius 1 is 1.11 bits per heavy atom. The maximum Gasteiger partial charge on any atom is 0.303 e. The summed E-state index contributed by atoms with van der Waals surface area (Å²) in [5.74, 6) is 0.698. The molecule has 1 atom stereocenters. The van der Waals surface area contributed by atoms with E-state index in [-0.39, 0.29) is 12.3 Å². The summed E-state index contributed by atoms with van der Waals surface area (Å²) in [6.45, 7) is 1.83. The SMILES string of the molecule is COc1cc(OC)c(C(C)CC(=O)O)cc1OC. The number of methoxy groups -OCH3 is 3. The highest BCUT2D eigenvalue weighted by Gasteiger charge is 2.18. The second kappa shape index (κ2) is 6.14. The number of ether oxygens (including phenoxy) is 3. The molecular formula is C13H18O5. The van der Waals surface area contributed by atoms with Crippen molar-refractivity contribution in [1.82, 2.24) is 0 Å². The van der Waals surface area contributed by atoms with Crippen LogP contribution in [-0.2, 0) is 4.79 Å². The molecule has 0 heterocycles. The minimum absolute atomic E-state index is 0.0336. The van der Waals surface area contributed by atoms with Crippen molar-refractivity contribution in [1.29, 1.82) is 0 Å². The number of carboxylic acids is 1. The first-order chi connectivity index (χ1) is 8.53. The molecular weight excluding hydrogens is 236 g/mol. The number of hydrogen-bond donors (Lipinski definition) is 1. The number of aliphatic carboxylic acids is 1. The maximum atomic E-state index is 10.8. The van der Waals surface area contributed by atoms with Crippen LogP contribution in [-0.4, -0.2) is 32.4 Å². The number of carboxylic acid groups (broad SMARTS) is 1. The van der Waals surface area contributed by atoms with Crippen LogP contribution in [0.2, 0.25) is 0 Å². The lowest BCUT2D eigenvalue weighted by Crippen LogP contribution is -2.05. The summed E-state index contributed by atoms with van der Waals surface area (Å²) in [5, 5.41) is 8.84. The maximum absolute atomic E-state index is 10.8. The summed E-state index contributed by atoms with van der Waals surface area (Å²) in [7, 11) is 4.62. The predicted molar refractivity (Wildman–Crippen MR) is 66.8 cm³/mol. The van der Waals surface area contributed by atoms with Gasteiger partial charge < -0.3 is 19.3 Å². The Morgan fingerprint density at radius 2 is 1.61 bits per heavy atom. The van der Waals surface area contributed by atoms with Gasteiger partial charge in [0, 0.05) is 11.6 Å². The molecule has 0 saturated carbocycles. The molecule has 0 bridgehead atoms. The van der Waals surface area contributed by atoms with E-state index in [0.29, 0.717) is 17.2 Å². The Labute approximate surface area is 106 Å². The van der Waals surface area contributed by atoms with Crippen molar-refractivity contribution in [2.45, 2.75) is 19.3 Å². The first-order valence-electron chi connectivity index (χ1n) is 5.55. The largest absolute Gasteiger partial charge is 0.496 e. The lowest BCUT2D eigenvalue weighted by Gasteiger charge is -2.17. The van der Waals surface area contributed by atoms with Gasteiger partial charge in [-0.25, -0.2) is 0 Å². The molecule has 5 heteroatoms. The second-order valence-corrected chi connectivity index (χ2v) is 3.95. The zero-order chi connectivity index (χ0) is 13.7. The molecule has 0 aliphatic carbocycles. The van der Waals surface area contributed by atoms with E-state index in [0.717, 1.165) is 5.56 Å². The van der Waals surface area contributed by atoms with Gasteiger partial charge in [0.05, 0.1) is 27.8 Å². The smallest absolute Gasteiger partial charge is 0.303 e. The van der Waals surface area contributed by atoms with Crippen LogP contribution in [0.1, 0.15) is 24.8 Å². The molecule has 0 spiro atoms. The summed E-state index contributed by atoms with van der Waals surface area (Å²) < 4.78 is 15.6. The third kappa shape index (κ3) is 3.06. The number of carbonyl (C=O) groups is 1. The Morgan fingerprint density at radius 3 is 2.06 bits per heavy atom. The first kappa shape index (κ1) is 14.2. The molecule has 0 aliphatic heterocycles. The quantitative estimate of drug-likeness (QED) is 0.843. The van der Waals surface area contributed by atoms with Gasteiger partial charge in [0.15, 0.2) is 11.5 Å². The zero-order valence-corrected chi connectivity index (χ0v) is 11.0. The molecule has 0 aliphatic rings. The summed E-state index contributed by atoms with van der Waals surface area (Å²) in [4.78, 5) is 10.8. The molecule has 100 valence electrons. The average Bonchev–Trinajstić information content (AvgIpc) is 2.36. The highest BCUT2D eigenvalue weighted by atomic mass is 16.5. The molecule has 1 unspecified atom stereocenters. The van der Waals surface area contributed by atoms with E-state index in [2.05, 4.69) is 0 Å². The Bertz CT molecular complexity index is 428. The van der Waals surface area contributed by atoms with Crippen LogP contribution in [0, 0.1) is 0 Å². The van der Waals surface area contributed by atoms with Gasteiger partial charge in [-0.2, -0.15) is 0 Å². The van der Waals surface area contributed by atoms with Gasteiger partial charge in [0.1, 0.15) is 5.75 Å². The summed E-state index contributed by atoms with van der Waals surface area (Å²) in [6, 6.07) is 3.46. The van der Waals surface area contributed by atoms with E-state index < -0.39 is 5.97 Å². The standard InChI is InChI=1S/C13H18O5/c1-8(5-13(14)15)9-6-11(17-3)12(18-4)7-10(9)16-2/h6-8H,5H2,1-4H3,(H,14,15). The van der Waals surface area contributed by atoms with Crippen molar-refractivity contribution in [2.75, 3.05) is 21.3 Å². The van der Waals surface area contributed by atoms with Crippen LogP contribution in [0.15, 0.2) is 12.1 Å². The van der Waals surface area contributed by atoms with Crippen molar-refractivity contribution in [2.24, 2.45) is 0 Å². The lowest BCUT2D eigenvalue weighted by atomic mass is 9.96. The summed E-state index contributed by atoms with van der Waals surface area (Å²) in [6.07, 6.45) is 0.0336. The third-order valence-electron chi connectivity index (χ3n) is 2.75. The van der Waals surface area contributed by atoms with Crippen molar-refractivity contribution < 1.29 is 24.1 Å². The zero-order valence-electron chi connectivity index (χ0n) is 11.0. The van der Waals surface area contributed by atoms with Gasteiger partial charge >= 0.3 is 5.97 Å². The van der Waals surface area contributed by atoms with Gasteiger partial charge in [-0.05, 0) is 12.0 Å². The van der Waals surface area contributed by atoms with Gasteiger partial charge in [-0.15, -0.1) is 0 Å². The molecule has 0 saturated heterocycles. The average molecular weight is 254 g/mol. The molecule has 0 amide bonds. The Balaban J connectivity index is 3.20. The van der Waals surface area contributed by atoms with Crippen molar-refractivity contribution in [3.05, 3.63) is 17.7 Å². The minimum Gasteiger partial charge on any atom is -0.496 e. The molecule has 1 rings (SSSR count). The van der Waals surface area contributed by atoms with Crippen LogP contribution in [0.25, 0.3) is 0 Å². The van der Waals surface area contributed by atoms with E-state index in [1.807, 2.05) is 6.92 Å². The van der Waals surface area contributed by atoms with E-state index in [1.54, 1.807) is 12.1 Å². The molecule has 0 fully saturated rings. The van der Waals surface area contributed by atoms with E-state index in [1.165, 1.54) is 21.3 Å². The van der Waals surface area contributed by atoms with Crippen molar-refractivity contribution in [3.63, 3.8) is 0 Å². The number of rotatable bonds is 6. The molecule has 1 aromatic rings. The van der Waals surface area contributed by atoms with Crippen LogP contribution in [0.3, 0.4) is 0 Å². The second-order valence-electron chi connectivity index (χ2n) is 3.95. The van der Waals surface area contributed by atoms with Gasteiger partial charge in [0.2, 0.25) is 0 Å². The van der Waals surface area contributed by atoms with Gasteiger partial charge in [-0.1, -0.05) is 6.92 Å². The highest BCUT2D eigenvalue weighted by Crippen LogP contribution is 2.38. The number of benzene rings is 1. The lowest BCUT2D eigenvalue weighted by molar-refractivity contribution is -0.137. The molecule has 0 aromatic heterocycles. The van der Waals surface area contributed by atoms with Crippen LogP contribution in [0.4, 0.5) is 0 Å². The fourth-order valence-corrected chi connectivity index (χ4v) is 1.81. The van der Waals surface area contributed by atoms with Crippen LogP contribution < -0.4 is 14.2 Å². The normalized spacial score (nSPS) is 11.8. The molecule has 18 heavy (non-hydrogen) atoms.